The van der Waals surface area contributed by atoms with Crippen molar-refractivity contribution in [2.24, 2.45) is 0 Å². The molecule has 0 radical (unpaired) electrons. The molecule has 0 saturated heterocycles. The summed E-state index contributed by atoms with van der Waals surface area (Å²) in [4.78, 5) is 11.8. The van der Waals surface area contributed by atoms with Crippen molar-refractivity contribution >= 4 is 21.6 Å². The molecule has 23 heavy (non-hydrogen) atoms. The van der Waals surface area contributed by atoms with Gasteiger partial charge in [-0.25, -0.2) is 12.8 Å². The lowest BCUT2D eigenvalue weighted by Gasteiger charge is -2.14. The van der Waals surface area contributed by atoms with Gasteiger partial charge in [0, 0.05) is 12.6 Å². The zero-order chi connectivity index (χ0) is 17.2. The SMILES string of the molecule is CNC(=O)c1cccc(NS(=O)(=O)c2ccc(F)cc2C)c1C. The Morgan fingerprint density at radius 2 is 1.83 bits per heavy atom. The lowest BCUT2D eigenvalue weighted by Crippen LogP contribution is -2.20. The Hall–Kier alpha value is -2.41. The quantitative estimate of drug-likeness (QED) is 0.901. The van der Waals surface area contributed by atoms with Crippen LogP contribution in [0.25, 0.3) is 0 Å². The Morgan fingerprint density at radius 1 is 1.13 bits per heavy atom. The summed E-state index contributed by atoms with van der Waals surface area (Å²) in [7, 11) is -2.38. The second-order valence-electron chi connectivity index (χ2n) is 5.07. The first-order valence-electron chi connectivity index (χ1n) is 6.87. The Labute approximate surface area is 134 Å². The molecule has 0 heterocycles. The molecule has 1 amide bonds. The number of amides is 1. The average molecular weight is 336 g/mol. The zero-order valence-electron chi connectivity index (χ0n) is 13.0. The summed E-state index contributed by atoms with van der Waals surface area (Å²) in [6.45, 7) is 3.17. The third kappa shape index (κ3) is 3.50. The number of nitrogens with one attached hydrogen (secondary N) is 2. The molecule has 7 heteroatoms. The third-order valence-electron chi connectivity index (χ3n) is 3.48. The first-order valence-corrected chi connectivity index (χ1v) is 8.35. The number of hydrogen-bond acceptors (Lipinski definition) is 3. The number of carbonyl (C=O) groups is 1. The standard InChI is InChI=1S/C16H17FN2O3S/c1-10-9-12(17)7-8-15(10)23(21,22)19-14-6-4-5-13(11(14)2)16(20)18-3/h4-9,19H,1-3H3,(H,18,20). The van der Waals surface area contributed by atoms with E-state index in [4.69, 9.17) is 0 Å². The van der Waals surface area contributed by atoms with Gasteiger partial charge in [-0.3, -0.25) is 9.52 Å². The van der Waals surface area contributed by atoms with Gasteiger partial charge in [0.25, 0.3) is 15.9 Å². The van der Waals surface area contributed by atoms with Crippen molar-refractivity contribution in [2.45, 2.75) is 18.7 Å². The number of halogens is 1. The summed E-state index contributed by atoms with van der Waals surface area (Å²) in [6.07, 6.45) is 0. The molecular weight excluding hydrogens is 319 g/mol. The summed E-state index contributed by atoms with van der Waals surface area (Å²) >= 11 is 0. The second kappa shape index (κ2) is 6.37. The molecule has 2 aromatic carbocycles. The summed E-state index contributed by atoms with van der Waals surface area (Å²) in [5.74, 6) is -0.805. The van der Waals surface area contributed by atoms with E-state index in [0.717, 1.165) is 12.1 Å². The highest BCUT2D eigenvalue weighted by molar-refractivity contribution is 7.92. The fraction of sp³-hybridized carbons (Fsp3) is 0.188. The fourth-order valence-corrected chi connectivity index (χ4v) is 3.59. The molecule has 0 unspecified atom stereocenters. The molecule has 0 aliphatic heterocycles. The van der Waals surface area contributed by atoms with Crippen LogP contribution in [0.15, 0.2) is 41.3 Å². The van der Waals surface area contributed by atoms with Gasteiger partial charge in [0.05, 0.1) is 10.6 Å². The van der Waals surface area contributed by atoms with Gasteiger partial charge in [-0.15, -0.1) is 0 Å². The molecule has 2 rings (SSSR count). The van der Waals surface area contributed by atoms with Gasteiger partial charge in [0.15, 0.2) is 0 Å². The van der Waals surface area contributed by atoms with Crippen LogP contribution in [-0.2, 0) is 10.0 Å². The molecule has 0 aromatic heterocycles. The molecule has 0 saturated carbocycles. The number of carbonyl (C=O) groups excluding carboxylic acids is 1. The Bertz CT molecular complexity index is 864. The molecule has 0 aliphatic carbocycles. The van der Waals surface area contributed by atoms with E-state index in [2.05, 4.69) is 10.0 Å². The highest BCUT2D eigenvalue weighted by Gasteiger charge is 2.19. The number of rotatable bonds is 4. The largest absolute Gasteiger partial charge is 0.355 e. The Morgan fingerprint density at radius 3 is 2.43 bits per heavy atom. The maximum atomic E-state index is 13.1. The van der Waals surface area contributed by atoms with Crippen molar-refractivity contribution in [1.29, 1.82) is 0 Å². The van der Waals surface area contributed by atoms with E-state index in [9.17, 15) is 17.6 Å². The maximum Gasteiger partial charge on any atom is 0.262 e. The first kappa shape index (κ1) is 17.0. The first-order chi connectivity index (χ1) is 10.8. The van der Waals surface area contributed by atoms with Crippen molar-refractivity contribution in [2.75, 3.05) is 11.8 Å². The summed E-state index contributed by atoms with van der Waals surface area (Å²) < 4.78 is 40.6. The lowest BCUT2D eigenvalue weighted by molar-refractivity contribution is 0.0962. The smallest absolute Gasteiger partial charge is 0.262 e. The predicted molar refractivity (Wildman–Crippen MR) is 86.5 cm³/mol. The fourth-order valence-electron chi connectivity index (χ4n) is 2.24. The van der Waals surface area contributed by atoms with Gasteiger partial charge < -0.3 is 5.32 Å². The highest BCUT2D eigenvalue weighted by atomic mass is 32.2. The topological polar surface area (TPSA) is 75.3 Å². The highest BCUT2D eigenvalue weighted by Crippen LogP contribution is 2.24. The van der Waals surface area contributed by atoms with E-state index in [-0.39, 0.29) is 10.8 Å². The third-order valence-corrected chi connectivity index (χ3v) is 5.00. The molecule has 0 atom stereocenters. The second-order valence-corrected chi connectivity index (χ2v) is 6.72. The van der Waals surface area contributed by atoms with Crippen LogP contribution in [0.3, 0.4) is 0 Å². The van der Waals surface area contributed by atoms with Crippen LogP contribution >= 0.6 is 0 Å². The van der Waals surface area contributed by atoms with E-state index < -0.39 is 15.8 Å². The normalized spacial score (nSPS) is 11.1. The van der Waals surface area contributed by atoms with E-state index in [1.165, 1.54) is 20.0 Å². The molecule has 0 aliphatic rings. The zero-order valence-corrected chi connectivity index (χ0v) is 13.8. The molecule has 0 bridgehead atoms. The maximum absolute atomic E-state index is 13.1. The van der Waals surface area contributed by atoms with Gasteiger partial charge in [-0.2, -0.15) is 0 Å². The number of hydrogen-bond donors (Lipinski definition) is 2. The van der Waals surface area contributed by atoms with Gasteiger partial charge in [-0.1, -0.05) is 6.07 Å². The van der Waals surface area contributed by atoms with Crippen LogP contribution < -0.4 is 10.0 Å². The number of aryl methyl sites for hydroxylation is 1. The molecule has 0 fully saturated rings. The molecule has 0 spiro atoms. The number of sulfonamides is 1. The number of anilines is 1. The van der Waals surface area contributed by atoms with Crippen LogP contribution in [0.5, 0.6) is 0 Å². The minimum absolute atomic E-state index is 0.0105. The van der Waals surface area contributed by atoms with Crippen LogP contribution in [0.2, 0.25) is 0 Å². The number of benzene rings is 2. The van der Waals surface area contributed by atoms with Crippen LogP contribution in [0, 0.1) is 19.7 Å². The van der Waals surface area contributed by atoms with Crippen molar-refractivity contribution < 1.29 is 17.6 Å². The molecule has 5 nitrogen and oxygen atoms in total. The molecule has 122 valence electrons. The molecule has 2 aromatic rings. The molecule has 2 N–H and O–H groups in total. The van der Waals surface area contributed by atoms with Gasteiger partial charge >= 0.3 is 0 Å². The van der Waals surface area contributed by atoms with E-state index in [1.54, 1.807) is 25.1 Å². The van der Waals surface area contributed by atoms with Crippen molar-refractivity contribution in [3.8, 4) is 0 Å². The van der Waals surface area contributed by atoms with Crippen molar-refractivity contribution in [3.63, 3.8) is 0 Å². The van der Waals surface area contributed by atoms with E-state index in [0.29, 0.717) is 22.4 Å². The summed E-state index contributed by atoms with van der Waals surface area (Å²) in [6, 6.07) is 8.23. The van der Waals surface area contributed by atoms with E-state index in [1.807, 2.05) is 0 Å². The van der Waals surface area contributed by atoms with Gasteiger partial charge in [0.2, 0.25) is 0 Å². The van der Waals surface area contributed by atoms with Crippen molar-refractivity contribution in [1.82, 2.24) is 5.32 Å². The Balaban J connectivity index is 2.44. The van der Waals surface area contributed by atoms with Crippen LogP contribution in [-0.4, -0.2) is 21.4 Å². The summed E-state index contributed by atoms with van der Waals surface area (Å²) in [5.41, 5.74) is 1.49. The monoisotopic (exact) mass is 336 g/mol. The van der Waals surface area contributed by atoms with Crippen molar-refractivity contribution in [3.05, 3.63) is 58.9 Å². The molecular formula is C16H17FN2O3S. The lowest BCUT2D eigenvalue weighted by atomic mass is 10.1. The van der Waals surface area contributed by atoms with Crippen LogP contribution in [0.1, 0.15) is 21.5 Å². The van der Waals surface area contributed by atoms with E-state index >= 15 is 0 Å². The van der Waals surface area contributed by atoms with Gasteiger partial charge in [0.1, 0.15) is 5.82 Å². The van der Waals surface area contributed by atoms with Gasteiger partial charge in [-0.05, 0) is 55.3 Å². The average Bonchev–Trinajstić information content (AvgIpc) is 2.48. The minimum Gasteiger partial charge on any atom is -0.355 e. The predicted octanol–water partition coefficient (Wildman–Crippen LogP) is 2.60. The Kier molecular flexibility index (Phi) is 4.70. The summed E-state index contributed by atoms with van der Waals surface area (Å²) in [5, 5.41) is 2.50. The van der Waals surface area contributed by atoms with Crippen LogP contribution in [0.4, 0.5) is 10.1 Å². The minimum atomic E-state index is -3.88.